The monoisotopic (exact) mass is 332 g/mol. The molecule has 2 aromatic rings. The third-order valence-electron chi connectivity index (χ3n) is 4.71. The zero-order valence-electron chi connectivity index (χ0n) is 14.2. The van der Waals surface area contributed by atoms with Crippen LogP contribution in [-0.2, 0) is 11.8 Å². The van der Waals surface area contributed by atoms with E-state index in [1.165, 1.54) is 31.4 Å². The van der Waals surface area contributed by atoms with Gasteiger partial charge in [0, 0.05) is 37.3 Å². The number of nitrogens with zero attached hydrogens (tertiary/aromatic N) is 1. The second kappa shape index (κ2) is 7.79. The Hall–Kier alpha value is -1.88. The third-order valence-corrected chi connectivity index (χ3v) is 4.71. The van der Waals surface area contributed by atoms with Crippen LogP contribution in [0.2, 0.25) is 0 Å². The molecule has 24 heavy (non-hydrogen) atoms. The van der Waals surface area contributed by atoms with Crippen LogP contribution in [0.15, 0.2) is 24.4 Å². The largest absolute Gasteiger partial charge is 0.378 e. The van der Waals surface area contributed by atoms with Crippen LogP contribution in [0.5, 0.6) is 0 Å². The summed E-state index contributed by atoms with van der Waals surface area (Å²) in [5.74, 6) is -0.493. The lowest BCUT2D eigenvalue weighted by Crippen LogP contribution is -2.26. The number of halogens is 1. The number of hydrogen-bond donors (Lipinski definition) is 1. The van der Waals surface area contributed by atoms with E-state index < -0.39 is 0 Å². The first-order chi connectivity index (χ1) is 11.6. The van der Waals surface area contributed by atoms with Gasteiger partial charge in [-0.2, -0.15) is 0 Å². The first-order valence-corrected chi connectivity index (χ1v) is 8.79. The summed E-state index contributed by atoms with van der Waals surface area (Å²) in [6, 6.07) is 4.52. The first kappa shape index (κ1) is 17.0. The summed E-state index contributed by atoms with van der Waals surface area (Å²) in [6.07, 6.45) is 9.11. The molecule has 0 atom stereocenters. The Balaban J connectivity index is 1.49. The van der Waals surface area contributed by atoms with Gasteiger partial charge in [-0.1, -0.05) is 19.3 Å². The minimum absolute atomic E-state index is 0.163. The van der Waals surface area contributed by atoms with Crippen molar-refractivity contribution in [3.05, 3.63) is 35.8 Å². The van der Waals surface area contributed by atoms with Crippen molar-refractivity contribution in [3.63, 3.8) is 0 Å². The molecule has 1 aliphatic carbocycles. The van der Waals surface area contributed by atoms with Gasteiger partial charge >= 0.3 is 0 Å². The minimum atomic E-state index is -0.330. The molecule has 0 saturated heterocycles. The van der Waals surface area contributed by atoms with Crippen molar-refractivity contribution in [1.29, 1.82) is 0 Å². The maximum Gasteiger partial charge on any atom is 0.253 e. The van der Waals surface area contributed by atoms with Crippen LogP contribution in [0.4, 0.5) is 4.39 Å². The van der Waals surface area contributed by atoms with E-state index in [1.807, 2.05) is 11.6 Å². The Bertz CT molecular complexity index is 705. The molecule has 5 heteroatoms. The molecule has 3 rings (SSSR count). The van der Waals surface area contributed by atoms with Crippen molar-refractivity contribution < 1.29 is 13.9 Å². The first-order valence-electron chi connectivity index (χ1n) is 8.79. The summed E-state index contributed by atoms with van der Waals surface area (Å²) in [6.45, 7) is 1.24. The van der Waals surface area contributed by atoms with Crippen molar-refractivity contribution in [2.75, 3.05) is 13.2 Å². The Morgan fingerprint density at radius 2 is 2.12 bits per heavy atom. The van der Waals surface area contributed by atoms with Gasteiger partial charge in [-0.05, 0) is 37.5 Å². The number of carbonyl (C=O) groups excluding carboxylic acids is 1. The highest BCUT2D eigenvalue weighted by atomic mass is 19.1. The van der Waals surface area contributed by atoms with E-state index in [-0.39, 0.29) is 11.7 Å². The Labute approximate surface area is 142 Å². The molecule has 1 fully saturated rings. The van der Waals surface area contributed by atoms with Crippen molar-refractivity contribution in [2.24, 2.45) is 7.05 Å². The Kier molecular flexibility index (Phi) is 5.51. The number of aromatic nitrogens is 1. The third kappa shape index (κ3) is 3.96. The fourth-order valence-electron chi connectivity index (χ4n) is 3.40. The molecule has 1 N–H and O–H groups in total. The van der Waals surface area contributed by atoms with Gasteiger partial charge in [0.05, 0.1) is 11.7 Å². The van der Waals surface area contributed by atoms with Crippen LogP contribution < -0.4 is 5.32 Å². The van der Waals surface area contributed by atoms with Gasteiger partial charge < -0.3 is 14.6 Å². The molecule has 1 amide bonds. The van der Waals surface area contributed by atoms with Crippen molar-refractivity contribution in [1.82, 2.24) is 9.88 Å². The molecule has 0 unspecified atom stereocenters. The second-order valence-electron chi connectivity index (χ2n) is 6.56. The molecule has 1 aromatic carbocycles. The molecule has 1 aliphatic rings. The van der Waals surface area contributed by atoms with Gasteiger partial charge in [0.2, 0.25) is 0 Å². The summed E-state index contributed by atoms with van der Waals surface area (Å²) in [7, 11) is 1.86. The number of fused-ring (bicyclic) bond motifs is 1. The lowest BCUT2D eigenvalue weighted by Gasteiger charge is -2.21. The van der Waals surface area contributed by atoms with Crippen LogP contribution in [-0.4, -0.2) is 29.7 Å². The highest BCUT2D eigenvalue weighted by Crippen LogP contribution is 2.22. The number of aryl methyl sites for hydroxylation is 1. The van der Waals surface area contributed by atoms with E-state index in [2.05, 4.69) is 5.32 Å². The molecule has 1 aromatic heterocycles. The number of benzene rings is 1. The molecule has 0 radical (unpaired) electrons. The molecule has 0 bridgehead atoms. The average molecular weight is 332 g/mol. The maximum absolute atomic E-state index is 13.5. The van der Waals surface area contributed by atoms with Crippen molar-refractivity contribution in [2.45, 2.75) is 44.6 Å². The predicted molar refractivity (Wildman–Crippen MR) is 92.7 cm³/mol. The van der Waals surface area contributed by atoms with Gasteiger partial charge in [-0.25, -0.2) is 4.39 Å². The number of rotatable bonds is 6. The minimum Gasteiger partial charge on any atom is -0.378 e. The second-order valence-corrected chi connectivity index (χ2v) is 6.56. The SMILES string of the molecule is Cn1cc(C(=O)NCCCOC2CCCCC2)c2cc(F)ccc21. The van der Waals surface area contributed by atoms with Crippen LogP contribution >= 0.6 is 0 Å². The Morgan fingerprint density at radius 3 is 2.92 bits per heavy atom. The molecule has 1 saturated carbocycles. The van der Waals surface area contributed by atoms with Crippen molar-refractivity contribution in [3.8, 4) is 0 Å². The van der Waals surface area contributed by atoms with Crippen molar-refractivity contribution >= 4 is 16.8 Å². The van der Waals surface area contributed by atoms with Crippen LogP contribution in [0.25, 0.3) is 10.9 Å². The number of hydrogen-bond acceptors (Lipinski definition) is 2. The van der Waals surface area contributed by atoms with E-state index in [0.29, 0.717) is 30.2 Å². The normalized spacial score (nSPS) is 15.8. The summed E-state index contributed by atoms with van der Waals surface area (Å²) in [5, 5.41) is 3.55. The fraction of sp³-hybridized carbons (Fsp3) is 0.526. The summed E-state index contributed by atoms with van der Waals surface area (Å²) >= 11 is 0. The lowest BCUT2D eigenvalue weighted by atomic mass is 9.98. The summed E-state index contributed by atoms with van der Waals surface area (Å²) in [4.78, 5) is 12.4. The van der Waals surface area contributed by atoms with Crippen LogP contribution in [0, 0.1) is 5.82 Å². The van der Waals surface area contributed by atoms with Gasteiger partial charge in [-0.15, -0.1) is 0 Å². The zero-order valence-corrected chi connectivity index (χ0v) is 14.2. The fourth-order valence-corrected chi connectivity index (χ4v) is 3.40. The molecule has 0 spiro atoms. The van der Waals surface area contributed by atoms with Gasteiger partial charge in [0.1, 0.15) is 5.82 Å². The summed E-state index contributed by atoms with van der Waals surface area (Å²) in [5.41, 5.74) is 1.36. The Morgan fingerprint density at radius 1 is 1.33 bits per heavy atom. The maximum atomic E-state index is 13.5. The quantitative estimate of drug-likeness (QED) is 0.818. The number of ether oxygens (including phenoxy) is 1. The topological polar surface area (TPSA) is 43.3 Å². The summed E-state index contributed by atoms with van der Waals surface area (Å²) < 4.78 is 21.2. The van der Waals surface area contributed by atoms with Gasteiger partial charge in [0.15, 0.2) is 0 Å². The average Bonchev–Trinajstić information content (AvgIpc) is 2.91. The van der Waals surface area contributed by atoms with E-state index in [9.17, 15) is 9.18 Å². The van der Waals surface area contributed by atoms with Crippen LogP contribution in [0.3, 0.4) is 0 Å². The molecular weight excluding hydrogens is 307 g/mol. The molecule has 0 aliphatic heterocycles. The number of carbonyl (C=O) groups is 1. The smallest absolute Gasteiger partial charge is 0.253 e. The van der Waals surface area contributed by atoms with E-state index >= 15 is 0 Å². The molecule has 130 valence electrons. The van der Waals surface area contributed by atoms with E-state index in [4.69, 9.17) is 4.74 Å². The highest BCUT2D eigenvalue weighted by molar-refractivity contribution is 6.06. The van der Waals surface area contributed by atoms with Gasteiger partial charge in [0.25, 0.3) is 5.91 Å². The number of nitrogens with one attached hydrogen (secondary N) is 1. The van der Waals surface area contributed by atoms with Gasteiger partial charge in [-0.3, -0.25) is 4.79 Å². The van der Waals surface area contributed by atoms with E-state index in [0.717, 1.165) is 24.8 Å². The lowest BCUT2D eigenvalue weighted by molar-refractivity contribution is 0.0273. The number of amides is 1. The van der Waals surface area contributed by atoms with Crippen LogP contribution in [0.1, 0.15) is 48.9 Å². The standard InChI is InChI=1S/C19H25FN2O2/c1-22-13-17(16-12-14(20)8-9-18(16)22)19(23)21-10-5-11-24-15-6-3-2-4-7-15/h8-9,12-13,15H,2-7,10-11H2,1H3,(H,21,23). The highest BCUT2D eigenvalue weighted by Gasteiger charge is 2.15. The molecular formula is C19H25FN2O2. The zero-order chi connectivity index (χ0) is 16.9. The molecule has 4 nitrogen and oxygen atoms in total. The van der Waals surface area contributed by atoms with E-state index in [1.54, 1.807) is 12.3 Å². The predicted octanol–water partition coefficient (Wildman–Crippen LogP) is 3.79. The molecule has 1 heterocycles.